The minimum absolute atomic E-state index is 0.100. The summed E-state index contributed by atoms with van der Waals surface area (Å²) in [5.41, 5.74) is 0.681. The minimum Gasteiger partial charge on any atom is -0.465 e. The maximum Gasteiger partial charge on any atom is 0.321 e. The second-order valence-corrected chi connectivity index (χ2v) is 7.85. The number of hydrogen-bond donors (Lipinski definition) is 0. The van der Waals surface area contributed by atoms with Crippen molar-refractivity contribution in [2.75, 3.05) is 12.9 Å². The van der Waals surface area contributed by atoms with E-state index in [1.54, 1.807) is 31.2 Å². The highest BCUT2D eigenvalue weighted by atomic mass is 35.5. The van der Waals surface area contributed by atoms with E-state index in [0.29, 0.717) is 10.6 Å². The topological polar surface area (TPSA) is 77.5 Å². The molecule has 0 amide bonds. The Bertz CT molecular complexity index is 871. The Labute approximate surface area is 151 Å². The Balaban J connectivity index is 2.41. The molecule has 0 aliphatic carbocycles. The molecule has 1 atom stereocenters. The predicted octanol–water partition coefficient (Wildman–Crippen LogP) is 3.27. The van der Waals surface area contributed by atoms with Crippen LogP contribution in [0.1, 0.15) is 28.8 Å². The van der Waals surface area contributed by atoms with Gasteiger partial charge in [0.15, 0.2) is 15.6 Å². The van der Waals surface area contributed by atoms with E-state index in [-0.39, 0.29) is 17.1 Å². The van der Waals surface area contributed by atoms with Crippen LogP contribution in [0, 0.1) is 0 Å². The average molecular weight is 381 g/mol. The van der Waals surface area contributed by atoms with Crippen LogP contribution in [0.15, 0.2) is 53.4 Å². The third-order valence-electron chi connectivity index (χ3n) is 3.55. The molecule has 0 radical (unpaired) electrons. The number of benzene rings is 2. The van der Waals surface area contributed by atoms with Crippen LogP contribution in [0.5, 0.6) is 0 Å². The van der Waals surface area contributed by atoms with Crippen molar-refractivity contribution in [3.8, 4) is 0 Å². The molecular weight excluding hydrogens is 364 g/mol. The molecular formula is C18H17ClO5S. The molecule has 0 aliphatic heterocycles. The zero-order valence-corrected chi connectivity index (χ0v) is 15.3. The van der Waals surface area contributed by atoms with Crippen molar-refractivity contribution >= 4 is 33.2 Å². The fraction of sp³-hybridized carbons (Fsp3) is 0.222. The van der Waals surface area contributed by atoms with Crippen molar-refractivity contribution in [2.24, 2.45) is 0 Å². The number of rotatable bonds is 6. The molecule has 5 nitrogen and oxygen atoms in total. The number of Topliss-reactive ketones (excluding diaryl/α,β-unsaturated/α-hetero) is 1. The van der Waals surface area contributed by atoms with Gasteiger partial charge in [0.2, 0.25) is 0 Å². The molecule has 0 saturated carbocycles. The van der Waals surface area contributed by atoms with E-state index >= 15 is 0 Å². The first-order valence-corrected chi connectivity index (χ1v) is 9.77. The Morgan fingerprint density at radius 2 is 1.60 bits per heavy atom. The molecule has 1 unspecified atom stereocenters. The highest BCUT2D eigenvalue weighted by Crippen LogP contribution is 2.25. The van der Waals surface area contributed by atoms with Gasteiger partial charge in [0.1, 0.15) is 5.92 Å². The summed E-state index contributed by atoms with van der Waals surface area (Å²) in [5.74, 6) is -2.27. The Morgan fingerprint density at radius 1 is 1.04 bits per heavy atom. The molecule has 25 heavy (non-hydrogen) atoms. The van der Waals surface area contributed by atoms with Gasteiger partial charge < -0.3 is 4.74 Å². The van der Waals surface area contributed by atoms with Crippen LogP contribution in [0.2, 0.25) is 5.02 Å². The van der Waals surface area contributed by atoms with E-state index < -0.39 is 27.5 Å². The summed E-state index contributed by atoms with van der Waals surface area (Å²) in [7, 11) is -3.36. The molecule has 2 rings (SSSR count). The van der Waals surface area contributed by atoms with Crippen molar-refractivity contribution in [2.45, 2.75) is 17.7 Å². The van der Waals surface area contributed by atoms with Gasteiger partial charge in [0, 0.05) is 16.8 Å². The van der Waals surface area contributed by atoms with Gasteiger partial charge in [-0.2, -0.15) is 0 Å². The molecule has 7 heteroatoms. The SMILES string of the molecule is CCOC(=O)C(C(=O)c1ccc(S(C)(=O)=O)cc1)c1ccc(Cl)cc1. The molecule has 0 N–H and O–H groups in total. The number of ether oxygens (including phenoxy) is 1. The van der Waals surface area contributed by atoms with Crippen LogP contribution in [0.3, 0.4) is 0 Å². The molecule has 2 aromatic rings. The monoisotopic (exact) mass is 380 g/mol. The summed E-state index contributed by atoms with van der Waals surface area (Å²) in [6.07, 6.45) is 1.08. The summed E-state index contributed by atoms with van der Waals surface area (Å²) >= 11 is 5.86. The quantitative estimate of drug-likeness (QED) is 0.436. The lowest BCUT2D eigenvalue weighted by Gasteiger charge is -2.15. The minimum atomic E-state index is -3.36. The van der Waals surface area contributed by atoms with Crippen LogP contribution in [-0.4, -0.2) is 33.0 Å². The predicted molar refractivity (Wildman–Crippen MR) is 94.7 cm³/mol. The fourth-order valence-electron chi connectivity index (χ4n) is 2.31. The van der Waals surface area contributed by atoms with Gasteiger partial charge in [-0.1, -0.05) is 35.9 Å². The van der Waals surface area contributed by atoms with Gasteiger partial charge in [-0.25, -0.2) is 8.42 Å². The van der Waals surface area contributed by atoms with Gasteiger partial charge in [-0.05, 0) is 36.8 Å². The third-order valence-corrected chi connectivity index (χ3v) is 4.94. The summed E-state index contributed by atoms with van der Waals surface area (Å²) in [5, 5.41) is 0.483. The van der Waals surface area contributed by atoms with Crippen molar-refractivity contribution in [1.82, 2.24) is 0 Å². The van der Waals surface area contributed by atoms with Gasteiger partial charge in [0.25, 0.3) is 0 Å². The molecule has 0 spiro atoms. The van der Waals surface area contributed by atoms with Crippen molar-refractivity contribution < 1.29 is 22.7 Å². The average Bonchev–Trinajstić information content (AvgIpc) is 2.56. The van der Waals surface area contributed by atoms with Gasteiger partial charge in [0.05, 0.1) is 11.5 Å². The zero-order chi connectivity index (χ0) is 18.6. The van der Waals surface area contributed by atoms with Crippen molar-refractivity contribution in [3.05, 3.63) is 64.7 Å². The summed E-state index contributed by atoms with van der Waals surface area (Å²) in [6, 6.07) is 11.8. The maximum atomic E-state index is 12.8. The Morgan fingerprint density at radius 3 is 2.08 bits per heavy atom. The second-order valence-electron chi connectivity index (χ2n) is 5.40. The molecule has 132 valence electrons. The van der Waals surface area contributed by atoms with Gasteiger partial charge in [-0.15, -0.1) is 0 Å². The maximum absolute atomic E-state index is 12.8. The highest BCUT2D eigenvalue weighted by Gasteiger charge is 2.30. The molecule has 0 saturated heterocycles. The second kappa shape index (κ2) is 7.80. The first-order valence-electron chi connectivity index (χ1n) is 7.50. The number of ketones is 1. The molecule has 0 bridgehead atoms. The fourth-order valence-corrected chi connectivity index (χ4v) is 3.06. The number of halogens is 1. The van der Waals surface area contributed by atoms with E-state index in [4.69, 9.17) is 16.3 Å². The van der Waals surface area contributed by atoms with E-state index in [2.05, 4.69) is 0 Å². The summed E-state index contributed by atoms with van der Waals surface area (Å²) < 4.78 is 28.1. The molecule has 0 aromatic heterocycles. The molecule has 0 fully saturated rings. The van der Waals surface area contributed by atoms with Crippen LogP contribution in [-0.2, 0) is 19.4 Å². The highest BCUT2D eigenvalue weighted by molar-refractivity contribution is 7.90. The van der Waals surface area contributed by atoms with Gasteiger partial charge >= 0.3 is 5.97 Å². The first kappa shape index (κ1) is 19.1. The number of sulfone groups is 1. The number of carbonyl (C=O) groups excluding carboxylic acids is 2. The zero-order valence-electron chi connectivity index (χ0n) is 13.7. The number of esters is 1. The summed E-state index contributed by atoms with van der Waals surface area (Å²) in [4.78, 5) is 25.2. The Hall–Kier alpha value is -2.18. The van der Waals surface area contributed by atoms with Crippen LogP contribution < -0.4 is 0 Å². The van der Waals surface area contributed by atoms with E-state index in [9.17, 15) is 18.0 Å². The lowest BCUT2D eigenvalue weighted by atomic mass is 9.90. The Kier molecular flexibility index (Phi) is 5.98. The normalized spacial score (nSPS) is 12.4. The molecule has 2 aromatic carbocycles. The lowest BCUT2D eigenvalue weighted by molar-refractivity contribution is -0.143. The standard InChI is InChI=1S/C18H17ClO5S/c1-3-24-18(21)16(12-4-8-14(19)9-5-12)17(20)13-6-10-15(11-7-13)25(2,22)23/h4-11,16H,3H2,1-2H3. The number of hydrogen-bond acceptors (Lipinski definition) is 5. The number of carbonyl (C=O) groups is 2. The van der Waals surface area contributed by atoms with E-state index in [0.717, 1.165) is 6.26 Å². The van der Waals surface area contributed by atoms with Crippen LogP contribution >= 0.6 is 11.6 Å². The van der Waals surface area contributed by atoms with Gasteiger partial charge in [-0.3, -0.25) is 9.59 Å². The van der Waals surface area contributed by atoms with Crippen molar-refractivity contribution in [1.29, 1.82) is 0 Å². The first-order chi connectivity index (χ1) is 11.7. The third kappa shape index (κ3) is 4.67. The van der Waals surface area contributed by atoms with E-state index in [1.165, 1.54) is 24.3 Å². The molecule has 0 aliphatic rings. The smallest absolute Gasteiger partial charge is 0.321 e. The van der Waals surface area contributed by atoms with Crippen LogP contribution in [0.25, 0.3) is 0 Å². The lowest BCUT2D eigenvalue weighted by Crippen LogP contribution is -2.24. The van der Waals surface area contributed by atoms with Crippen molar-refractivity contribution in [3.63, 3.8) is 0 Å². The summed E-state index contributed by atoms with van der Waals surface area (Å²) in [6.45, 7) is 1.80. The molecule has 0 heterocycles. The van der Waals surface area contributed by atoms with E-state index in [1.807, 2.05) is 0 Å². The largest absolute Gasteiger partial charge is 0.465 e. The van der Waals surface area contributed by atoms with Crippen LogP contribution in [0.4, 0.5) is 0 Å².